The molecule has 2 amide bonds. The molecule has 0 unspecified atom stereocenters. The van der Waals surface area contributed by atoms with Crippen LogP contribution in [0.4, 0.5) is 0 Å². The molecule has 0 aliphatic heterocycles. The smallest absolute Gasteiger partial charge is 0.243 e. The third kappa shape index (κ3) is 8.51. The van der Waals surface area contributed by atoms with Crippen molar-refractivity contribution in [3.8, 4) is 0 Å². The molecule has 200 valence electrons. The number of halogens is 3. The predicted octanol–water partition coefficient (Wildman–Crippen LogP) is 7.69. The fourth-order valence-electron chi connectivity index (χ4n) is 4.68. The minimum absolute atomic E-state index is 0.0827. The Morgan fingerprint density at radius 1 is 0.921 bits per heavy atom. The summed E-state index contributed by atoms with van der Waals surface area (Å²) in [6.07, 6.45) is 4.63. The minimum Gasteiger partial charge on any atom is -0.352 e. The Morgan fingerprint density at radius 2 is 1.61 bits per heavy atom. The number of rotatable bonds is 11. The molecule has 4 nitrogen and oxygen atoms in total. The van der Waals surface area contributed by atoms with Crippen molar-refractivity contribution >= 4 is 62.7 Å². The van der Waals surface area contributed by atoms with Crippen LogP contribution in [-0.4, -0.2) is 34.6 Å². The van der Waals surface area contributed by atoms with E-state index >= 15 is 0 Å². The maximum Gasteiger partial charge on any atom is 0.243 e. The van der Waals surface area contributed by atoms with E-state index in [1.807, 2.05) is 60.7 Å². The van der Waals surface area contributed by atoms with Crippen molar-refractivity contribution < 1.29 is 9.59 Å². The second-order valence-electron chi connectivity index (χ2n) is 9.58. The fraction of sp³-hybridized carbons (Fsp3) is 0.333. The highest BCUT2D eigenvalue weighted by Crippen LogP contribution is 2.26. The average Bonchev–Trinajstić information content (AvgIpc) is 3.43. The van der Waals surface area contributed by atoms with E-state index in [4.69, 9.17) is 23.2 Å². The Bertz CT molecular complexity index is 1220. The summed E-state index contributed by atoms with van der Waals surface area (Å²) < 4.78 is 1.02. The third-order valence-corrected chi connectivity index (χ3v) is 8.97. The largest absolute Gasteiger partial charge is 0.352 e. The number of nitrogens with one attached hydrogen (secondary N) is 1. The molecule has 1 fully saturated rings. The first kappa shape index (κ1) is 29.0. The molecular formula is C30H31BrCl2N2O2S. The first-order valence-electron chi connectivity index (χ1n) is 12.8. The van der Waals surface area contributed by atoms with Crippen LogP contribution in [-0.2, 0) is 28.3 Å². The lowest BCUT2D eigenvalue weighted by Crippen LogP contribution is -2.52. The van der Waals surface area contributed by atoms with E-state index in [-0.39, 0.29) is 30.2 Å². The van der Waals surface area contributed by atoms with Gasteiger partial charge in [0.1, 0.15) is 6.04 Å². The molecule has 8 heteroatoms. The van der Waals surface area contributed by atoms with Crippen LogP contribution >= 0.6 is 50.9 Å². The van der Waals surface area contributed by atoms with Gasteiger partial charge in [-0.1, -0.05) is 101 Å². The summed E-state index contributed by atoms with van der Waals surface area (Å²) in [7, 11) is 0. The monoisotopic (exact) mass is 632 g/mol. The van der Waals surface area contributed by atoms with Crippen LogP contribution in [0.5, 0.6) is 0 Å². The normalized spacial score (nSPS) is 14.3. The number of benzene rings is 3. The molecule has 0 aromatic heterocycles. The average molecular weight is 634 g/mol. The third-order valence-electron chi connectivity index (χ3n) is 6.72. The zero-order valence-corrected chi connectivity index (χ0v) is 25.0. The predicted molar refractivity (Wildman–Crippen MR) is 162 cm³/mol. The van der Waals surface area contributed by atoms with Gasteiger partial charge in [0.2, 0.25) is 11.8 Å². The topological polar surface area (TPSA) is 49.4 Å². The highest BCUT2D eigenvalue weighted by molar-refractivity contribution is 9.10. The zero-order valence-electron chi connectivity index (χ0n) is 21.0. The van der Waals surface area contributed by atoms with Crippen molar-refractivity contribution in [1.82, 2.24) is 10.2 Å². The Labute approximate surface area is 247 Å². The van der Waals surface area contributed by atoms with Crippen LogP contribution in [0.2, 0.25) is 10.0 Å². The number of thioether (sulfide) groups is 1. The minimum atomic E-state index is -0.645. The number of carbonyl (C=O) groups is 2. The van der Waals surface area contributed by atoms with E-state index in [1.165, 1.54) is 0 Å². The van der Waals surface area contributed by atoms with E-state index in [1.54, 1.807) is 28.8 Å². The molecule has 1 saturated carbocycles. The van der Waals surface area contributed by atoms with Crippen molar-refractivity contribution in [2.45, 2.75) is 56.5 Å². The summed E-state index contributed by atoms with van der Waals surface area (Å²) >= 11 is 17.5. The van der Waals surface area contributed by atoms with E-state index in [0.29, 0.717) is 22.2 Å². The lowest BCUT2D eigenvalue weighted by atomic mass is 10.0. The lowest BCUT2D eigenvalue weighted by Gasteiger charge is -2.32. The second kappa shape index (κ2) is 14.4. The Balaban J connectivity index is 1.57. The molecule has 1 atom stereocenters. The SMILES string of the molecule is O=C(NC1CCCC1)[C@H](Cc1ccccc1)N(Cc1ccc(Cl)c(Cl)c1)C(=O)CSCc1ccc(Br)cc1. The number of hydrogen-bond acceptors (Lipinski definition) is 3. The molecule has 4 rings (SSSR count). The highest BCUT2D eigenvalue weighted by Gasteiger charge is 2.32. The van der Waals surface area contributed by atoms with Gasteiger partial charge in [-0.05, 0) is 53.8 Å². The van der Waals surface area contributed by atoms with Crippen LogP contribution in [0.3, 0.4) is 0 Å². The van der Waals surface area contributed by atoms with Crippen molar-refractivity contribution in [2.24, 2.45) is 0 Å². The van der Waals surface area contributed by atoms with Gasteiger partial charge < -0.3 is 10.2 Å². The number of hydrogen-bond donors (Lipinski definition) is 1. The molecule has 1 N–H and O–H groups in total. The van der Waals surface area contributed by atoms with Crippen molar-refractivity contribution in [3.05, 3.63) is 104 Å². The lowest BCUT2D eigenvalue weighted by molar-refractivity contribution is -0.139. The summed E-state index contributed by atoms with van der Waals surface area (Å²) in [5, 5.41) is 4.12. The first-order valence-corrected chi connectivity index (χ1v) is 15.5. The van der Waals surface area contributed by atoms with Crippen LogP contribution in [0, 0.1) is 0 Å². The number of carbonyl (C=O) groups excluding carboxylic acids is 2. The first-order chi connectivity index (χ1) is 18.4. The van der Waals surface area contributed by atoms with Gasteiger partial charge in [0.15, 0.2) is 0 Å². The van der Waals surface area contributed by atoms with E-state index < -0.39 is 6.04 Å². The summed E-state index contributed by atoms with van der Waals surface area (Å²) in [5.41, 5.74) is 2.98. The van der Waals surface area contributed by atoms with Crippen LogP contribution in [0.25, 0.3) is 0 Å². The van der Waals surface area contributed by atoms with Gasteiger partial charge in [0.25, 0.3) is 0 Å². The van der Waals surface area contributed by atoms with Gasteiger partial charge >= 0.3 is 0 Å². The van der Waals surface area contributed by atoms with Crippen molar-refractivity contribution in [1.29, 1.82) is 0 Å². The van der Waals surface area contributed by atoms with Crippen molar-refractivity contribution in [2.75, 3.05) is 5.75 Å². The second-order valence-corrected chi connectivity index (χ2v) is 12.3. The summed E-state index contributed by atoms with van der Waals surface area (Å²) in [5.74, 6) is 0.782. The van der Waals surface area contributed by atoms with Crippen LogP contribution in [0.1, 0.15) is 42.4 Å². The molecular weight excluding hydrogens is 603 g/mol. The van der Waals surface area contributed by atoms with E-state index in [9.17, 15) is 9.59 Å². The molecule has 0 bridgehead atoms. The molecule has 0 heterocycles. The summed E-state index contributed by atoms with van der Waals surface area (Å²) in [6, 6.07) is 22.8. The Hall–Kier alpha value is -1.99. The summed E-state index contributed by atoms with van der Waals surface area (Å²) in [6.45, 7) is 0.268. The molecule has 0 radical (unpaired) electrons. The fourth-order valence-corrected chi connectivity index (χ4v) is 6.13. The van der Waals surface area contributed by atoms with Gasteiger partial charge in [-0.2, -0.15) is 0 Å². The van der Waals surface area contributed by atoms with Gasteiger partial charge in [-0.3, -0.25) is 9.59 Å². The van der Waals surface area contributed by atoms with Gasteiger partial charge in [0.05, 0.1) is 15.8 Å². The number of amides is 2. The Kier molecular flexibility index (Phi) is 11.0. The molecule has 3 aromatic carbocycles. The molecule has 38 heavy (non-hydrogen) atoms. The van der Waals surface area contributed by atoms with Gasteiger partial charge in [-0.15, -0.1) is 11.8 Å². The van der Waals surface area contributed by atoms with Gasteiger partial charge in [-0.25, -0.2) is 0 Å². The maximum absolute atomic E-state index is 13.8. The van der Waals surface area contributed by atoms with Crippen LogP contribution in [0.15, 0.2) is 77.3 Å². The van der Waals surface area contributed by atoms with Crippen molar-refractivity contribution in [3.63, 3.8) is 0 Å². The van der Waals surface area contributed by atoms with Crippen LogP contribution < -0.4 is 5.32 Å². The quantitative estimate of drug-likeness (QED) is 0.236. The molecule has 0 spiro atoms. The maximum atomic E-state index is 13.8. The molecule has 0 saturated heterocycles. The number of nitrogens with zero attached hydrogens (tertiary/aromatic N) is 1. The highest BCUT2D eigenvalue weighted by atomic mass is 79.9. The van der Waals surface area contributed by atoms with E-state index in [0.717, 1.165) is 46.8 Å². The molecule has 1 aliphatic rings. The van der Waals surface area contributed by atoms with E-state index in [2.05, 4.69) is 21.2 Å². The molecule has 1 aliphatic carbocycles. The Morgan fingerprint density at radius 3 is 2.29 bits per heavy atom. The standard InChI is InChI=1S/C30H31BrCl2N2O2S/c31-24-13-10-22(11-14-24)19-38-20-29(36)35(18-23-12-15-26(32)27(33)16-23)28(17-21-6-2-1-3-7-21)30(37)34-25-8-4-5-9-25/h1-3,6-7,10-16,25,28H,4-5,8-9,17-20H2,(H,34,37)/t28-/m0/s1. The summed E-state index contributed by atoms with van der Waals surface area (Å²) in [4.78, 5) is 29.2. The molecule has 3 aromatic rings. The zero-order chi connectivity index (χ0) is 26.9. The van der Waals surface area contributed by atoms with Gasteiger partial charge in [0, 0.05) is 29.2 Å².